The smallest absolute Gasteiger partial charge is 0.136 e. The zero-order valence-corrected chi connectivity index (χ0v) is 9.49. The molecule has 2 N–H and O–H groups in total. The van der Waals surface area contributed by atoms with Crippen molar-refractivity contribution >= 4 is 22.3 Å². The lowest BCUT2D eigenvalue weighted by Crippen LogP contribution is -2.19. The SMILES string of the molecule is Nc1cc(F)cc2c(N3CCCC3)nccc12. The number of aromatic nitrogens is 1. The van der Waals surface area contributed by atoms with Crippen molar-refractivity contribution in [2.24, 2.45) is 0 Å². The quantitative estimate of drug-likeness (QED) is 0.767. The van der Waals surface area contributed by atoms with Crippen molar-refractivity contribution in [3.8, 4) is 0 Å². The van der Waals surface area contributed by atoms with Crippen LogP contribution in [-0.2, 0) is 0 Å². The van der Waals surface area contributed by atoms with Crippen LogP contribution in [-0.4, -0.2) is 18.1 Å². The van der Waals surface area contributed by atoms with Gasteiger partial charge in [0.25, 0.3) is 0 Å². The molecule has 1 fully saturated rings. The minimum absolute atomic E-state index is 0.302. The van der Waals surface area contributed by atoms with Crippen molar-refractivity contribution in [1.29, 1.82) is 0 Å². The zero-order chi connectivity index (χ0) is 11.8. The van der Waals surface area contributed by atoms with Crippen LogP contribution >= 0.6 is 0 Å². The van der Waals surface area contributed by atoms with E-state index in [-0.39, 0.29) is 5.82 Å². The molecule has 2 heterocycles. The highest BCUT2D eigenvalue weighted by atomic mass is 19.1. The molecule has 0 radical (unpaired) electrons. The molecule has 4 heteroatoms. The number of rotatable bonds is 1. The van der Waals surface area contributed by atoms with Crippen LogP contribution < -0.4 is 10.6 Å². The third-order valence-electron chi connectivity index (χ3n) is 3.26. The second kappa shape index (κ2) is 3.87. The van der Waals surface area contributed by atoms with Crippen LogP contribution in [0.3, 0.4) is 0 Å². The van der Waals surface area contributed by atoms with Gasteiger partial charge in [0, 0.05) is 35.7 Å². The fourth-order valence-electron chi connectivity index (χ4n) is 2.44. The molecule has 2 aromatic rings. The van der Waals surface area contributed by atoms with E-state index in [4.69, 9.17) is 5.73 Å². The van der Waals surface area contributed by atoms with Crippen molar-refractivity contribution in [3.05, 3.63) is 30.2 Å². The molecule has 0 amide bonds. The average molecular weight is 231 g/mol. The van der Waals surface area contributed by atoms with Crippen LogP contribution in [0.4, 0.5) is 15.9 Å². The molecule has 0 bridgehead atoms. The lowest BCUT2D eigenvalue weighted by Gasteiger charge is -2.18. The number of nitrogens with two attached hydrogens (primary N) is 1. The highest BCUT2D eigenvalue weighted by molar-refractivity contribution is 5.99. The molecular formula is C13H14FN3. The Morgan fingerprint density at radius 2 is 1.94 bits per heavy atom. The van der Waals surface area contributed by atoms with Gasteiger partial charge in [-0.3, -0.25) is 0 Å². The Bertz CT molecular complexity index is 562. The minimum Gasteiger partial charge on any atom is -0.398 e. The molecule has 0 aliphatic carbocycles. The van der Waals surface area contributed by atoms with Gasteiger partial charge in [-0.25, -0.2) is 9.37 Å². The summed E-state index contributed by atoms with van der Waals surface area (Å²) in [6, 6.07) is 4.71. The Kier molecular flexibility index (Phi) is 2.35. The second-order valence-electron chi connectivity index (χ2n) is 4.42. The zero-order valence-electron chi connectivity index (χ0n) is 9.49. The molecule has 3 nitrogen and oxygen atoms in total. The summed E-state index contributed by atoms with van der Waals surface area (Å²) in [4.78, 5) is 6.57. The van der Waals surface area contributed by atoms with E-state index >= 15 is 0 Å². The summed E-state index contributed by atoms with van der Waals surface area (Å²) in [5, 5.41) is 1.69. The van der Waals surface area contributed by atoms with Crippen molar-refractivity contribution in [2.45, 2.75) is 12.8 Å². The minimum atomic E-state index is -0.302. The first kappa shape index (κ1) is 10.3. The predicted octanol–water partition coefficient (Wildman–Crippen LogP) is 2.56. The van der Waals surface area contributed by atoms with Crippen LogP contribution in [0.2, 0.25) is 0 Å². The Labute approximate surface area is 99.1 Å². The van der Waals surface area contributed by atoms with Gasteiger partial charge in [0.15, 0.2) is 0 Å². The maximum Gasteiger partial charge on any atom is 0.136 e. The maximum absolute atomic E-state index is 13.4. The number of pyridine rings is 1. The number of hydrogen-bond acceptors (Lipinski definition) is 3. The number of anilines is 2. The number of hydrogen-bond donors (Lipinski definition) is 1. The normalized spacial score (nSPS) is 15.7. The first-order valence-electron chi connectivity index (χ1n) is 5.84. The molecule has 0 spiro atoms. The number of nitrogen functional groups attached to an aromatic ring is 1. The molecule has 1 aliphatic heterocycles. The van der Waals surface area contributed by atoms with Crippen LogP contribution in [0, 0.1) is 5.82 Å². The van der Waals surface area contributed by atoms with E-state index in [9.17, 15) is 4.39 Å². The summed E-state index contributed by atoms with van der Waals surface area (Å²) in [5.41, 5.74) is 6.31. The molecular weight excluding hydrogens is 217 g/mol. The average Bonchev–Trinajstić information content (AvgIpc) is 2.81. The fourth-order valence-corrected chi connectivity index (χ4v) is 2.44. The van der Waals surface area contributed by atoms with E-state index in [0.717, 1.165) is 29.7 Å². The van der Waals surface area contributed by atoms with Crippen LogP contribution in [0.25, 0.3) is 10.8 Å². The number of halogens is 1. The van der Waals surface area contributed by atoms with E-state index in [1.165, 1.54) is 25.0 Å². The van der Waals surface area contributed by atoms with Gasteiger partial charge in [0.1, 0.15) is 11.6 Å². The van der Waals surface area contributed by atoms with Gasteiger partial charge in [0.05, 0.1) is 0 Å². The van der Waals surface area contributed by atoms with Gasteiger partial charge >= 0.3 is 0 Å². The number of benzene rings is 1. The number of nitrogens with zero attached hydrogens (tertiary/aromatic N) is 2. The molecule has 88 valence electrons. The summed E-state index contributed by atoms with van der Waals surface area (Å²) in [7, 11) is 0. The van der Waals surface area contributed by atoms with E-state index in [0.29, 0.717) is 5.69 Å². The van der Waals surface area contributed by atoms with Gasteiger partial charge in [-0.1, -0.05) is 0 Å². The third kappa shape index (κ3) is 1.69. The Morgan fingerprint density at radius 1 is 1.18 bits per heavy atom. The van der Waals surface area contributed by atoms with Crippen molar-refractivity contribution in [2.75, 3.05) is 23.7 Å². The van der Waals surface area contributed by atoms with Gasteiger partial charge in [-0.15, -0.1) is 0 Å². The predicted molar refractivity (Wildman–Crippen MR) is 67.6 cm³/mol. The van der Waals surface area contributed by atoms with Crippen molar-refractivity contribution in [3.63, 3.8) is 0 Å². The Morgan fingerprint density at radius 3 is 2.71 bits per heavy atom. The molecule has 0 saturated carbocycles. The van der Waals surface area contributed by atoms with E-state index in [2.05, 4.69) is 9.88 Å². The van der Waals surface area contributed by atoms with E-state index in [1.807, 2.05) is 6.07 Å². The summed E-state index contributed by atoms with van der Waals surface area (Å²) < 4.78 is 13.4. The maximum atomic E-state index is 13.4. The fraction of sp³-hybridized carbons (Fsp3) is 0.308. The Hall–Kier alpha value is -1.84. The molecule has 17 heavy (non-hydrogen) atoms. The summed E-state index contributed by atoms with van der Waals surface area (Å²) in [6.45, 7) is 1.98. The molecule has 1 aromatic heterocycles. The van der Waals surface area contributed by atoms with Crippen LogP contribution in [0.15, 0.2) is 24.4 Å². The first-order chi connectivity index (χ1) is 8.25. The van der Waals surface area contributed by atoms with E-state index in [1.54, 1.807) is 6.20 Å². The topological polar surface area (TPSA) is 42.1 Å². The second-order valence-corrected chi connectivity index (χ2v) is 4.42. The third-order valence-corrected chi connectivity index (χ3v) is 3.26. The monoisotopic (exact) mass is 231 g/mol. The molecule has 1 saturated heterocycles. The van der Waals surface area contributed by atoms with Gasteiger partial charge < -0.3 is 10.6 Å². The van der Waals surface area contributed by atoms with Gasteiger partial charge in [0.2, 0.25) is 0 Å². The number of fused-ring (bicyclic) bond motifs is 1. The summed E-state index contributed by atoms with van der Waals surface area (Å²) >= 11 is 0. The van der Waals surface area contributed by atoms with Crippen molar-refractivity contribution < 1.29 is 4.39 Å². The molecule has 3 rings (SSSR count). The Balaban J connectivity index is 2.24. The van der Waals surface area contributed by atoms with Gasteiger partial charge in [-0.05, 0) is 31.0 Å². The first-order valence-corrected chi connectivity index (χ1v) is 5.84. The highest BCUT2D eigenvalue weighted by Crippen LogP contribution is 2.30. The molecule has 0 unspecified atom stereocenters. The van der Waals surface area contributed by atoms with Crippen LogP contribution in [0.5, 0.6) is 0 Å². The van der Waals surface area contributed by atoms with Gasteiger partial charge in [-0.2, -0.15) is 0 Å². The lowest BCUT2D eigenvalue weighted by atomic mass is 10.1. The van der Waals surface area contributed by atoms with Crippen molar-refractivity contribution in [1.82, 2.24) is 4.98 Å². The van der Waals surface area contributed by atoms with Crippen LogP contribution in [0.1, 0.15) is 12.8 Å². The van der Waals surface area contributed by atoms with E-state index < -0.39 is 0 Å². The standard InChI is InChI=1S/C13H14FN3/c14-9-7-11-10(12(15)8-9)3-4-16-13(11)17-5-1-2-6-17/h3-4,7-8H,1-2,5-6,15H2. The summed E-state index contributed by atoms with van der Waals surface area (Å²) in [6.07, 6.45) is 4.08. The molecule has 0 atom stereocenters. The lowest BCUT2D eigenvalue weighted by molar-refractivity contribution is 0.630. The largest absolute Gasteiger partial charge is 0.398 e. The molecule has 1 aliphatic rings. The summed E-state index contributed by atoms with van der Waals surface area (Å²) in [5.74, 6) is 0.551. The molecule has 1 aromatic carbocycles. The highest BCUT2D eigenvalue weighted by Gasteiger charge is 2.17.